The predicted octanol–water partition coefficient (Wildman–Crippen LogP) is 6.77. The average molecular weight is 354 g/mol. The van der Waals surface area contributed by atoms with Gasteiger partial charge in [0, 0.05) is 6.61 Å². The monoisotopic (exact) mass is 353 g/mol. The summed E-state index contributed by atoms with van der Waals surface area (Å²) in [4.78, 5) is 0. The number of hydrogen-bond donors (Lipinski definition) is 0. The molecular formula is C24H35NO. The summed E-state index contributed by atoms with van der Waals surface area (Å²) in [6.45, 7) is 4.02. The van der Waals surface area contributed by atoms with Crippen molar-refractivity contribution in [2.45, 2.75) is 77.0 Å². The first-order valence-corrected chi connectivity index (χ1v) is 10.6. The van der Waals surface area contributed by atoms with Crippen LogP contribution in [-0.2, 0) is 4.74 Å². The topological polar surface area (TPSA) is 33.0 Å². The number of nitriles is 1. The lowest BCUT2D eigenvalue weighted by molar-refractivity contribution is 0.128. The second-order valence-corrected chi connectivity index (χ2v) is 7.61. The van der Waals surface area contributed by atoms with E-state index in [2.05, 4.69) is 37.3 Å². The fraction of sp³-hybridized carbons (Fsp3) is 0.625. The molecule has 2 nitrogen and oxygen atoms in total. The third-order valence-corrected chi connectivity index (χ3v) is 5.58. The number of benzene rings is 1. The van der Waals surface area contributed by atoms with E-state index >= 15 is 0 Å². The molecule has 1 saturated carbocycles. The largest absolute Gasteiger partial charge is 0.381 e. The molecule has 0 aromatic heterocycles. The summed E-state index contributed by atoms with van der Waals surface area (Å²) in [6, 6.07) is 10.4. The Balaban J connectivity index is 1.51. The number of ether oxygens (including phenoxy) is 1. The number of unbranched alkanes of at least 4 members (excludes halogenated alkanes) is 2. The minimum Gasteiger partial charge on any atom is -0.381 e. The molecule has 0 aliphatic heterocycles. The Morgan fingerprint density at radius 3 is 2.42 bits per heavy atom. The minimum atomic E-state index is 0.690. The lowest BCUT2D eigenvalue weighted by Crippen LogP contribution is -2.14. The molecule has 1 aliphatic carbocycles. The maximum absolute atomic E-state index is 8.90. The molecule has 1 aromatic rings. The van der Waals surface area contributed by atoms with Crippen molar-refractivity contribution in [3.8, 4) is 6.07 Å². The van der Waals surface area contributed by atoms with E-state index in [1.165, 1.54) is 63.4 Å². The van der Waals surface area contributed by atoms with Gasteiger partial charge in [-0.2, -0.15) is 5.26 Å². The Morgan fingerprint density at radius 1 is 1.00 bits per heavy atom. The lowest BCUT2D eigenvalue weighted by Gasteiger charge is -2.28. The van der Waals surface area contributed by atoms with Crippen LogP contribution in [0.25, 0.3) is 0 Å². The van der Waals surface area contributed by atoms with Crippen molar-refractivity contribution in [2.24, 2.45) is 5.92 Å². The van der Waals surface area contributed by atoms with Crippen LogP contribution in [0.2, 0.25) is 0 Å². The summed E-state index contributed by atoms with van der Waals surface area (Å²) in [5, 5.41) is 8.90. The van der Waals surface area contributed by atoms with Gasteiger partial charge in [-0.05, 0) is 80.9 Å². The van der Waals surface area contributed by atoms with Crippen molar-refractivity contribution in [3.05, 3.63) is 47.5 Å². The van der Waals surface area contributed by atoms with Crippen molar-refractivity contribution in [2.75, 3.05) is 13.2 Å². The average Bonchev–Trinajstić information content (AvgIpc) is 2.70. The van der Waals surface area contributed by atoms with Crippen molar-refractivity contribution >= 4 is 0 Å². The number of hydrogen-bond acceptors (Lipinski definition) is 2. The molecule has 2 heteroatoms. The molecule has 0 bridgehead atoms. The molecule has 0 spiro atoms. The van der Waals surface area contributed by atoms with Gasteiger partial charge in [0.15, 0.2) is 0 Å². The van der Waals surface area contributed by atoms with Crippen LogP contribution in [-0.4, -0.2) is 13.2 Å². The molecule has 0 radical (unpaired) electrons. The van der Waals surface area contributed by atoms with E-state index in [4.69, 9.17) is 10.00 Å². The molecular weight excluding hydrogens is 318 g/mol. The molecule has 0 saturated heterocycles. The number of allylic oxidation sites excluding steroid dienone is 1. The summed E-state index contributed by atoms with van der Waals surface area (Å²) >= 11 is 0. The third-order valence-electron chi connectivity index (χ3n) is 5.58. The van der Waals surface area contributed by atoms with E-state index in [0.717, 1.165) is 31.1 Å². The summed E-state index contributed by atoms with van der Waals surface area (Å²) in [6.07, 6.45) is 17.2. The highest BCUT2D eigenvalue weighted by molar-refractivity contribution is 5.33. The van der Waals surface area contributed by atoms with Gasteiger partial charge in [0.1, 0.15) is 0 Å². The van der Waals surface area contributed by atoms with Crippen molar-refractivity contribution in [3.63, 3.8) is 0 Å². The Hall–Kier alpha value is -1.59. The molecule has 1 aromatic carbocycles. The van der Waals surface area contributed by atoms with Gasteiger partial charge >= 0.3 is 0 Å². The molecule has 0 amide bonds. The van der Waals surface area contributed by atoms with E-state index in [-0.39, 0.29) is 0 Å². The first-order valence-electron chi connectivity index (χ1n) is 10.6. The standard InChI is InChI=1S/C24H35NO/c1-2-3-4-5-6-7-18-26-19-8-9-21-10-14-23(15-11-21)24-16-12-22(20-25)13-17-24/h5-6,12-13,16-17,21,23H,2-4,7-11,14-15,18-19H2,1H3/b6-5+. The van der Waals surface area contributed by atoms with Crippen molar-refractivity contribution in [1.82, 2.24) is 0 Å². The summed E-state index contributed by atoms with van der Waals surface area (Å²) in [5.41, 5.74) is 2.18. The minimum absolute atomic E-state index is 0.690. The first kappa shape index (κ1) is 20.7. The molecule has 0 heterocycles. The van der Waals surface area contributed by atoms with Crippen LogP contribution in [0.5, 0.6) is 0 Å². The fourth-order valence-corrected chi connectivity index (χ4v) is 3.90. The molecule has 1 fully saturated rings. The zero-order valence-electron chi connectivity index (χ0n) is 16.5. The van der Waals surface area contributed by atoms with Gasteiger partial charge in [-0.3, -0.25) is 0 Å². The van der Waals surface area contributed by atoms with Crippen LogP contribution in [0.3, 0.4) is 0 Å². The maximum atomic E-state index is 8.90. The second-order valence-electron chi connectivity index (χ2n) is 7.61. The summed E-state index contributed by atoms with van der Waals surface area (Å²) in [5.74, 6) is 1.57. The van der Waals surface area contributed by atoms with E-state index in [9.17, 15) is 0 Å². The van der Waals surface area contributed by atoms with Gasteiger partial charge in [0.2, 0.25) is 0 Å². The third kappa shape index (κ3) is 7.75. The van der Waals surface area contributed by atoms with E-state index < -0.39 is 0 Å². The van der Waals surface area contributed by atoms with Gasteiger partial charge in [0.25, 0.3) is 0 Å². The van der Waals surface area contributed by atoms with Gasteiger partial charge in [-0.1, -0.05) is 44.1 Å². The van der Waals surface area contributed by atoms with Crippen LogP contribution < -0.4 is 0 Å². The van der Waals surface area contributed by atoms with Crippen LogP contribution in [0.15, 0.2) is 36.4 Å². The Bertz CT molecular complexity index is 547. The van der Waals surface area contributed by atoms with Gasteiger partial charge in [-0.25, -0.2) is 0 Å². The Kier molecular flexibility index (Phi) is 10.1. The molecule has 26 heavy (non-hydrogen) atoms. The highest BCUT2D eigenvalue weighted by Crippen LogP contribution is 2.37. The van der Waals surface area contributed by atoms with E-state index in [1.807, 2.05) is 12.1 Å². The summed E-state index contributed by atoms with van der Waals surface area (Å²) < 4.78 is 5.77. The number of nitrogens with zero attached hydrogens (tertiary/aromatic N) is 1. The van der Waals surface area contributed by atoms with Gasteiger partial charge < -0.3 is 4.74 Å². The maximum Gasteiger partial charge on any atom is 0.0991 e. The van der Waals surface area contributed by atoms with Crippen LogP contribution >= 0.6 is 0 Å². The molecule has 0 atom stereocenters. The second kappa shape index (κ2) is 12.7. The molecule has 2 rings (SSSR count). The summed E-state index contributed by atoms with van der Waals surface area (Å²) in [7, 11) is 0. The Labute approximate surface area is 160 Å². The van der Waals surface area contributed by atoms with Gasteiger partial charge in [0.05, 0.1) is 18.2 Å². The normalized spacial score (nSPS) is 20.3. The van der Waals surface area contributed by atoms with Crippen molar-refractivity contribution in [1.29, 1.82) is 5.26 Å². The fourth-order valence-electron chi connectivity index (χ4n) is 3.90. The number of rotatable bonds is 11. The van der Waals surface area contributed by atoms with Crippen molar-refractivity contribution < 1.29 is 4.74 Å². The molecule has 0 N–H and O–H groups in total. The smallest absolute Gasteiger partial charge is 0.0991 e. The Morgan fingerprint density at radius 2 is 1.73 bits per heavy atom. The zero-order chi connectivity index (χ0) is 18.5. The molecule has 1 aliphatic rings. The van der Waals surface area contributed by atoms with E-state index in [1.54, 1.807) is 0 Å². The SMILES string of the molecule is CCCC/C=C/CCOCCCC1CCC(c2ccc(C#N)cc2)CC1. The quantitative estimate of drug-likeness (QED) is 0.325. The lowest BCUT2D eigenvalue weighted by atomic mass is 9.77. The van der Waals surface area contributed by atoms with E-state index in [0.29, 0.717) is 5.92 Å². The van der Waals surface area contributed by atoms with Crippen LogP contribution in [0, 0.1) is 17.2 Å². The highest BCUT2D eigenvalue weighted by Gasteiger charge is 2.21. The highest BCUT2D eigenvalue weighted by atomic mass is 16.5. The predicted molar refractivity (Wildman–Crippen MR) is 109 cm³/mol. The van der Waals surface area contributed by atoms with Gasteiger partial charge in [-0.15, -0.1) is 0 Å². The first-order chi connectivity index (χ1) is 12.8. The molecule has 142 valence electrons. The van der Waals surface area contributed by atoms with Crippen LogP contribution in [0.4, 0.5) is 0 Å². The van der Waals surface area contributed by atoms with Crippen LogP contribution in [0.1, 0.15) is 88.2 Å². The molecule has 0 unspecified atom stereocenters. The zero-order valence-corrected chi connectivity index (χ0v) is 16.5.